The van der Waals surface area contributed by atoms with Crippen LogP contribution in [0.2, 0.25) is 0 Å². The lowest BCUT2D eigenvalue weighted by molar-refractivity contribution is -0.117. The molecule has 1 aliphatic heterocycles. The summed E-state index contributed by atoms with van der Waals surface area (Å²) in [6.45, 7) is 2.67. The number of carbonyl (C=O) groups is 1. The predicted octanol–water partition coefficient (Wildman–Crippen LogP) is 1.01. The van der Waals surface area contributed by atoms with E-state index in [4.69, 9.17) is 5.26 Å². The Labute approximate surface area is 130 Å². The van der Waals surface area contributed by atoms with E-state index in [1.807, 2.05) is 17.9 Å². The summed E-state index contributed by atoms with van der Waals surface area (Å²) < 4.78 is 23.1. The van der Waals surface area contributed by atoms with Crippen LogP contribution in [0, 0.1) is 11.3 Å². The van der Waals surface area contributed by atoms with Crippen molar-refractivity contribution >= 4 is 21.4 Å². The van der Waals surface area contributed by atoms with Crippen molar-refractivity contribution < 1.29 is 13.2 Å². The van der Waals surface area contributed by atoms with Gasteiger partial charge in [0.2, 0.25) is 5.91 Å². The molecule has 1 fully saturated rings. The first-order valence-corrected chi connectivity index (χ1v) is 9.00. The topological polar surface area (TPSA) is 90.3 Å². The van der Waals surface area contributed by atoms with E-state index in [0.29, 0.717) is 24.2 Å². The molecule has 1 unspecified atom stereocenters. The number of carbonyl (C=O) groups excluding carboxylic acids is 1. The van der Waals surface area contributed by atoms with Gasteiger partial charge in [0.15, 0.2) is 9.84 Å². The molecular weight excluding hydrogens is 302 g/mol. The molecule has 0 spiro atoms. The van der Waals surface area contributed by atoms with Crippen LogP contribution in [0.5, 0.6) is 0 Å². The lowest BCUT2D eigenvalue weighted by Gasteiger charge is -2.25. The zero-order valence-corrected chi connectivity index (χ0v) is 13.3. The van der Waals surface area contributed by atoms with Gasteiger partial charge in [-0.05, 0) is 31.2 Å². The van der Waals surface area contributed by atoms with Gasteiger partial charge in [0.05, 0.1) is 29.7 Å². The van der Waals surface area contributed by atoms with Crippen LogP contribution in [0.15, 0.2) is 24.3 Å². The third-order valence-electron chi connectivity index (χ3n) is 3.75. The standard InChI is InChI=1S/C15H19N3O3S/c1-2-18(14-6-7-22(20,21)11-14)10-15(19)17-13-5-3-4-12(8-13)9-16/h3-5,8,14H,2,6-7,10-11H2,1H3,(H,17,19). The van der Waals surface area contributed by atoms with Crippen molar-refractivity contribution in [1.29, 1.82) is 5.26 Å². The summed E-state index contributed by atoms with van der Waals surface area (Å²) in [5.74, 6) is 0.110. The van der Waals surface area contributed by atoms with Gasteiger partial charge in [-0.25, -0.2) is 8.42 Å². The zero-order chi connectivity index (χ0) is 16.2. The number of hydrogen-bond donors (Lipinski definition) is 1. The number of hydrogen-bond acceptors (Lipinski definition) is 5. The summed E-state index contributed by atoms with van der Waals surface area (Å²) in [6.07, 6.45) is 0.577. The second kappa shape index (κ2) is 6.90. The number of nitrogens with zero attached hydrogens (tertiary/aromatic N) is 2. The van der Waals surface area contributed by atoms with E-state index in [1.165, 1.54) is 0 Å². The van der Waals surface area contributed by atoms with Crippen LogP contribution in [0.25, 0.3) is 0 Å². The molecule has 0 saturated carbocycles. The largest absolute Gasteiger partial charge is 0.325 e. The van der Waals surface area contributed by atoms with E-state index in [9.17, 15) is 13.2 Å². The fourth-order valence-corrected chi connectivity index (χ4v) is 4.38. The van der Waals surface area contributed by atoms with E-state index in [-0.39, 0.29) is 30.0 Å². The Morgan fingerprint density at radius 2 is 2.27 bits per heavy atom. The average molecular weight is 321 g/mol. The molecule has 6 nitrogen and oxygen atoms in total. The molecule has 1 saturated heterocycles. The summed E-state index contributed by atoms with van der Waals surface area (Å²) in [5, 5.41) is 11.6. The number of nitrogens with one attached hydrogen (secondary N) is 1. The fourth-order valence-electron chi connectivity index (χ4n) is 2.61. The molecule has 1 atom stereocenters. The van der Waals surface area contributed by atoms with Crippen molar-refractivity contribution in [3.63, 3.8) is 0 Å². The molecular formula is C15H19N3O3S. The summed E-state index contributed by atoms with van der Waals surface area (Å²) in [7, 11) is -2.96. The number of sulfone groups is 1. The van der Waals surface area contributed by atoms with Crippen molar-refractivity contribution in [2.24, 2.45) is 0 Å². The maximum atomic E-state index is 12.1. The van der Waals surface area contributed by atoms with Crippen LogP contribution >= 0.6 is 0 Å². The first kappa shape index (κ1) is 16.5. The van der Waals surface area contributed by atoms with Gasteiger partial charge in [-0.3, -0.25) is 9.69 Å². The molecule has 0 aromatic heterocycles. The number of nitriles is 1. The molecule has 7 heteroatoms. The minimum Gasteiger partial charge on any atom is -0.325 e. The van der Waals surface area contributed by atoms with Crippen molar-refractivity contribution in [2.75, 3.05) is 29.9 Å². The molecule has 0 aliphatic carbocycles. The first-order valence-electron chi connectivity index (χ1n) is 7.18. The van der Waals surface area contributed by atoms with Crippen molar-refractivity contribution in [2.45, 2.75) is 19.4 Å². The van der Waals surface area contributed by atoms with Gasteiger partial charge < -0.3 is 5.32 Å². The van der Waals surface area contributed by atoms with Gasteiger partial charge in [0, 0.05) is 11.7 Å². The molecule has 2 rings (SSSR count). The SMILES string of the molecule is CCN(CC(=O)Nc1cccc(C#N)c1)C1CCS(=O)(=O)C1. The number of likely N-dealkylation sites (N-methyl/N-ethyl adjacent to an activating group) is 1. The molecule has 1 aromatic carbocycles. The van der Waals surface area contributed by atoms with Crippen LogP contribution < -0.4 is 5.32 Å². The highest BCUT2D eigenvalue weighted by molar-refractivity contribution is 7.91. The lowest BCUT2D eigenvalue weighted by Crippen LogP contribution is -2.41. The molecule has 1 aromatic rings. The summed E-state index contributed by atoms with van der Waals surface area (Å²) in [5.41, 5.74) is 1.05. The van der Waals surface area contributed by atoms with E-state index in [2.05, 4.69) is 5.32 Å². The van der Waals surface area contributed by atoms with Crippen molar-refractivity contribution in [3.8, 4) is 6.07 Å². The van der Waals surface area contributed by atoms with Crippen LogP contribution in [-0.4, -0.2) is 49.9 Å². The Hall–Kier alpha value is -1.91. The monoisotopic (exact) mass is 321 g/mol. The Morgan fingerprint density at radius 3 is 2.86 bits per heavy atom. The minimum absolute atomic E-state index is 0.0915. The van der Waals surface area contributed by atoms with E-state index < -0.39 is 9.84 Å². The Bertz CT molecular complexity index is 694. The van der Waals surface area contributed by atoms with E-state index in [1.54, 1.807) is 24.3 Å². The molecule has 1 heterocycles. The molecule has 0 radical (unpaired) electrons. The Kier molecular flexibility index (Phi) is 5.16. The highest BCUT2D eigenvalue weighted by Gasteiger charge is 2.32. The summed E-state index contributed by atoms with van der Waals surface area (Å²) in [6, 6.07) is 8.62. The van der Waals surface area contributed by atoms with E-state index in [0.717, 1.165) is 0 Å². The second-order valence-corrected chi connectivity index (χ2v) is 7.59. The predicted molar refractivity (Wildman–Crippen MR) is 84.1 cm³/mol. The molecule has 1 aliphatic rings. The zero-order valence-electron chi connectivity index (χ0n) is 12.4. The molecule has 0 bridgehead atoms. The van der Waals surface area contributed by atoms with Gasteiger partial charge in [0.25, 0.3) is 0 Å². The van der Waals surface area contributed by atoms with Gasteiger partial charge in [-0.1, -0.05) is 13.0 Å². The number of benzene rings is 1. The fraction of sp³-hybridized carbons (Fsp3) is 0.467. The van der Waals surface area contributed by atoms with Crippen LogP contribution in [0.3, 0.4) is 0 Å². The van der Waals surface area contributed by atoms with Crippen LogP contribution in [0.4, 0.5) is 5.69 Å². The number of anilines is 1. The number of rotatable bonds is 5. The average Bonchev–Trinajstić information content (AvgIpc) is 2.85. The van der Waals surface area contributed by atoms with Crippen molar-refractivity contribution in [1.82, 2.24) is 4.90 Å². The third kappa shape index (κ3) is 4.29. The molecule has 1 amide bonds. The van der Waals surface area contributed by atoms with Gasteiger partial charge in [0.1, 0.15) is 0 Å². The second-order valence-electron chi connectivity index (χ2n) is 5.36. The molecule has 1 N–H and O–H groups in total. The summed E-state index contributed by atoms with van der Waals surface area (Å²) in [4.78, 5) is 14.0. The van der Waals surface area contributed by atoms with Gasteiger partial charge >= 0.3 is 0 Å². The normalized spacial score (nSPS) is 19.8. The highest BCUT2D eigenvalue weighted by atomic mass is 32.2. The minimum atomic E-state index is -2.96. The quantitative estimate of drug-likeness (QED) is 0.874. The first-order chi connectivity index (χ1) is 10.4. The van der Waals surface area contributed by atoms with E-state index >= 15 is 0 Å². The third-order valence-corrected chi connectivity index (χ3v) is 5.50. The number of amides is 1. The lowest BCUT2D eigenvalue weighted by atomic mass is 10.2. The summed E-state index contributed by atoms with van der Waals surface area (Å²) >= 11 is 0. The molecule has 118 valence electrons. The Balaban J connectivity index is 1.96. The van der Waals surface area contributed by atoms with Crippen molar-refractivity contribution in [3.05, 3.63) is 29.8 Å². The van der Waals surface area contributed by atoms with Gasteiger partial charge in [-0.2, -0.15) is 5.26 Å². The highest BCUT2D eigenvalue weighted by Crippen LogP contribution is 2.17. The van der Waals surface area contributed by atoms with Gasteiger partial charge in [-0.15, -0.1) is 0 Å². The van der Waals surface area contributed by atoms with Crippen LogP contribution in [0.1, 0.15) is 18.9 Å². The van der Waals surface area contributed by atoms with Crippen LogP contribution in [-0.2, 0) is 14.6 Å². The Morgan fingerprint density at radius 1 is 1.50 bits per heavy atom. The smallest absolute Gasteiger partial charge is 0.238 e. The maximum absolute atomic E-state index is 12.1. The molecule has 22 heavy (non-hydrogen) atoms. The maximum Gasteiger partial charge on any atom is 0.238 e.